The van der Waals surface area contributed by atoms with Gasteiger partial charge in [0.15, 0.2) is 0 Å². The molecule has 2 rings (SSSR count). The molecule has 0 radical (unpaired) electrons. The Hall–Kier alpha value is -2.00. The van der Waals surface area contributed by atoms with E-state index in [0.29, 0.717) is 18.1 Å². The van der Waals surface area contributed by atoms with Crippen molar-refractivity contribution in [2.24, 2.45) is 11.8 Å². The number of nitrogens with one attached hydrogen (secondary N) is 1. The highest BCUT2D eigenvalue weighted by molar-refractivity contribution is 5.83. The van der Waals surface area contributed by atoms with Gasteiger partial charge in [-0.2, -0.15) is 0 Å². The number of hydrogen-bond acceptors (Lipinski definition) is 3. The molecule has 1 aliphatic rings. The molecule has 32 heavy (non-hydrogen) atoms. The molecule has 0 bridgehead atoms. The van der Waals surface area contributed by atoms with E-state index in [2.05, 4.69) is 74.7 Å². The highest BCUT2D eigenvalue weighted by atomic mass is 16.1. The maximum atomic E-state index is 11.8. The smallest absolute Gasteiger partial charge is 0.136 e. The predicted molar refractivity (Wildman–Crippen MR) is 141 cm³/mol. The molecule has 1 fully saturated rings. The van der Waals surface area contributed by atoms with Crippen LogP contribution in [-0.2, 0) is 16.0 Å². The molecule has 3 nitrogen and oxygen atoms in total. The summed E-state index contributed by atoms with van der Waals surface area (Å²) in [5.74, 6) is 1.05. The van der Waals surface area contributed by atoms with Crippen LogP contribution in [0.1, 0.15) is 85.1 Å². The van der Waals surface area contributed by atoms with Crippen molar-refractivity contribution in [3.8, 4) is 0 Å². The lowest BCUT2D eigenvalue weighted by atomic mass is 9.91. The van der Waals surface area contributed by atoms with Gasteiger partial charge in [0.25, 0.3) is 0 Å². The van der Waals surface area contributed by atoms with E-state index in [1.165, 1.54) is 5.56 Å². The van der Waals surface area contributed by atoms with Crippen molar-refractivity contribution in [1.29, 1.82) is 0 Å². The average molecular weight is 444 g/mol. The first kappa shape index (κ1) is 32.2. The van der Waals surface area contributed by atoms with Crippen molar-refractivity contribution in [3.05, 3.63) is 60.2 Å². The molecule has 1 aromatic carbocycles. The van der Waals surface area contributed by atoms with E-state index < -0.39 is 0 Å². The molecule has 0 amide bonds. The summed E-state index contributed by atoms with van der Waals surface area (Å²) in [7, 11) is 1.93. The number of rotatable bonds is 10. The number of carbonyl (C=O) groups excluding carboxylic acids is 2. The quantitative estimate of drug-likeness (QED) is 0.233. The Bertz CT molecular complexity index is 590. The third-order valence-corrected chi connectivity index (χ3v) is 5.13. The second-order valence-electron chi connectivity index (χ2n) is 7.46. The van der Waals surface area contributed by atoms with Crippen LogP contribution >= 0.6 is 0 Å². The van der Waals surface area contributed by atoms with Gasteiger partial charge in [0.1, 0.15) is 12.1 Å². The van der Waals surface area contributed by atoms with E-state index in [0.717, 1.165) is 57.8 Å². The molecule has 0 spiro atoms. The Morgan fingerprint density at radius 2 is 1.66 bits per heavy atom. The Morgan fingerprint density at radius 1 is 1.00 bits per heavy atom. The van der Waals surface area contributed by atoms with Crippen LogP contribution in [-0.4, -0.2) is 25.7 Å². The molecular weight excluding hydrogens is 394 g/mol. The van der Waals surface area contributed by atoms with Crippen LogP contribution in [0.2, 0.25) is 0 Å². The molecule has 1 aliphatic carbocycles. The van der Waals surface area contributed by atoms with E-state index >= 15 is 0 Å². The minimum Gasteiger partial charge on any atom is -0.320 e. The van der Waals surface area contributed by atoms with Gasteiger partial charge in [-0.05, 0) is 63.6 Å². The standard InChI is InChI=1S/C16H24O2.C8H10.C3H9N.C2H6/c1-2-3-9-14-11-12-16(18)15(14)10-7-5-4-6-8-13-17;1-2-8-6-4-3-5-7-8;1-3-4-2;1-2/h3,5,7,9,13-15H,2,4,6,8,10-12H2,1H3;3-7H,2H2,1H3;4H,3H2,1-2H3;1-2H3/b7-5-,9-3+;;;/t14?,15-;;;/m1.../s1. The second-order valence-corrected chi connectivity index (χ2v) is 7.46. The fraction of sp³-hybridized carbons (Fsp3) is 0.586. The predicted octanol–water partition coefficient (Wildman–Crippen LogP) is 7.36. The molecule has 2 atom stereocenters. The first-order chi connectivity index (χ1) is 15.6. The normalized spacial score (nSPS) is 17.1. The minimum absolute atomic E-state index is 0.190. The van der Waals surface area contributed by atoms with Crippen molar-refractivity contribution in [2.75, 3.05) is 13.6 Å². The minimum atomic E-state index is 0.190. The average Bonchev–Trinajstić information content (AvgIpc) is 3.21. The first-order valence-electron chi connectivity index (χ1n) is 12.6. The number of Topliss-reactive ketones (excluding diaryl/α,β-unsaturated/α-hetero) is 1. The number of aryl methyl sites for hydroxylation is 1. The molecule has 1 saturated carbocycles. The van der Waals surface area contributed by atoms with E-state index in [1.54, 1.807) is 0 Å². The number of hydrogen-bond donors (Lipinski definition) is 1. The van der Waals surface area contributed by atoms with Crippen LogP contribution in [0.5, 0.6) is 0 Å². The molecule has 1 unspecified atom stereocenters. The van der Waals surface area contributed by atoms with E-state index in [9.17, 15) is 9.59 Å². The zero-order valence-corrected chi connectivity index (χ0v) is 21.6. The lowest BCUT2D eigenvalue weighted by molar-refractivity contribution is -0.120. The van der Waals surface area contributed by atoms with E-state index in [1.807, 2.05) is 27.0 Å². The summed E-state index contributed by atoms with van der Waals surface area (Å²) >= 11 is 0. The highest BCUT2D eigenvalue weighted by Gasteiger charge is 2.31. The molecule has 1 aromatic rings. The molecule has 0 saturated heterocycles. The van der Waals surface area contributed by atoms with Gasteiger partial charge < -0.3 is 10.1 Å². The summed E-state index contributed by atoms with van der Waals surface area (Å²) in [6.45, 7) is 11.4. The molecule has 1 N–H and O–H groups in total. The summed E-state index contributed by atoms with van der Waals surface area (Å²) in [6.07, 6.45) is 16.8. The fourth-order valence-electron chi connectivity index (χ4n) is 3.18. The highest BCUT2D eigenvalue weighted by Crippen LogP contribution is 2.32. The second kappa shape index (κ2) is 25.3. The van der Waals surface area contributed by atoms with Gasteiger partial charge >= 0.3 is 0 Å². The molecule has 0 aliphatic heterocycles. The summed E-state index contributed by atoms with van der Waals surface area (Å²) < 4.78 is 0. The van der Waals surface area contributed by atoms with Crippen LogP contribution in [0, 0.1) is 11.8 Å². The van der Waals surface area contributed by atoms with Crippen molar-refractivity contribution < 1.29 is 9.59 Å². The summed E-state index contributed by atoms with van der Waals surface area (Å²) in [5, 5.41) is 2.93. The van der Waals surface area contributed by atoms with Gasteiger partial charge in [0, 0.05) is 18.8 Å². The number of benzene rings is 1. The van der Waals surface area contributed by atoms with E-state index in [4.69, 9.17) is 0 Å². The van der Waals surface area contributed by atoms with Crippen LogP contribution < -0.4 is 5.32 Å². The number of aldehydes is 1. The van der Waals surface area contributed by atoms with Gasteiger partial charge in [0.2, 0.25) is 0 Å². The number of carbonyl (C=O) groups is 2. The maximum absolute atomic E-state index is 11.8. The molecule has 3 heteroatoms. The van der Waals surface area contributed by atoms with E-state index in [-0.39, 0.29) is 5.92 Å². The SMILES string of the molecule is CC.CC/C=C/C1CCC(=O)[C@@H]1C/C=C\CCCC=O.CCNC.CCc1ccccc1. The van der Waals surface area contributed by atoms with Crippen molar-refractivity contribution in [2.45, 2.75) is 86.0 Å². The zero-order chi connectivity index (χ0) is 24.5. The van der Waals surface area contributed by atoms with Gasteiger partial charge in [-0.25, -0.2) is 0 Å². The maximum Gasteiger partial charge on any atom is 0.136 e. The summed E-state index contributed by atoms with van der Waals surface area (Å²) in [6, 6.07) is 10.5. The fourth-order valence-corrected chi connectivity index (χ4v) is 3.18. The Morgan fingerprint density at radius 3 is 2.16 bits per heavy atom. The molecule has 0 aromatic heterocycles. The zero-order valence-electron chi connectivity index (χ0n) is 21.6. The monoisotopic (exact) mass is 443 g/mol. The summed E-state index contributed by atoms with van der Waals surface area (Å²) in [4.78, 5) is 22.0. The van der Waals surface area contributed by atoms with Crippen molar-refractivity contribution in [1.82, 2.24) is 5.32 Å². The lowest BCUT2D eigenvalue weighted by Crippen LogP contribution is -2.12. The molecule has 0 heterocycles. The number of allylic oxidation sites excluding steroid dienone is 4. The van der Waals surface area contributed by atoms with Gasteiger partial charge in [-0.15, -0.1) is 0 Å². The Labute approximate surface area is 198 Å². The van der Waals surface area contributed by atoms with Crippen LogP contribution in [0.15, 0.2) is 54.6 Å². The summed E-state index contributed by atoms with van der Waals surface area (Å²) in [5.41, 5.74) is 1.41. The largest absolute Gasteiger partial charge is 0.320 e. The van der Waals surface area contributed by atoms with Gasteiger partial charge in [-0.3, -0.25) is 4.79 Å². The Balaban J connectivity index is 0. The van der Waals surface area contributed by atoms with Crippen LogP contribution in [0.25, 0.3) is 0 Å². The van der Waals surface area contributed by atoms with Crippen molar-refractivity contribution in [3.63, 3.8) is 0 Å². The van der Waals surface area contributed by atoms with Crippen LogP contribution in [0.3, 0.4) is 0 Å². The lowest BCUT2D eigenvalue weighted by Gasteiger charge is -2.12. The molecular formula is C29H49NO2. The van der Waals surface area contributed by atoms with Gasteiger partial charge in [-0.1, -0.05) is 89.3 Å². The molecule has 182 valence electrons. The van der Waals surface area contributed by atoms with Crippen LogP contribution in [0.4, 0.5) is 0 Å². The first-order valence-corrected chi connectivity index (χ1v) is 12.6. The van der Waals surface area contributed by atoms with Gasteiger partial charge in [0.05, 0.1) is 0 Å². The topological polar surface area (TPSA) is 46.2 Å². The Kier molecular flexibility index (Phi) is 25.4. The third-order valence-electron chi connectivity index (χ3n) is 5.13. The van der Waals surface area contributed by atoms with Crippen molar-refractivity contribution >= 4 is 12.1 Å². The third kappa shape index (κ3) is 17.7. The number of ketones is 1. The number of unbranched alkanes of at least 4 members (excludes halogenated alkanes) is 2.